The van der Waals surface area contributed by atoms with Gasteiger partial charge in [-0.05, 0) is 13.3 Å². The van der Waals surface area contributed by atoms with Gasteiger partial charge in [-0.1, -0.05) is 0 Å². The molecule has 13 heteroatoms. The highest BCUT2D eigenvalue weighted by Gasteiger charge is 2.29. The second-order valence-corrected chi connectivity index (χ2v) is 5.98. The van der Waals surface area contributed by atoms with Gasteiger partial charge in [0.15, 0.2) is 0 Å². The molecule has 4 atom stereocenters. The van der Waals surface area contributed by atoms with E-state index in [0.717, 1.165) is 0 Å². The first-order valence-corrected chi connectivity index (χ1v) is 8.49. The number of carboxylic acid groups (broad SMARTS) is 2. The van der Waals surface area contributed by atoms with E-state index in [0.29, 0.717) is 0 Å². The highest BCUT2D eigenvalue weighted by molar-refractivity contribution is 7.80. The fourth-order valence-corrected chi connectivity index (χ4v) is 2.03. The Kier molecular flexibility index (Phi) is 11.0. The van der Waals surface area contributed by atoms with Crippen molar-refractivity contribution >= 4 is 42.3 Å². The number of amides is 3. The molecule has 0 heterocycles. The molecule has 0 rings (SSSR count). The minimum absolute atomic E-state index is 0.177. The number of hydrogen-bond donors (Lipinski definition) is 8. The second-order valence-electron chi connectivity index (χ2n) is 5.62. The van der Waals surface area contributed by atoms with E-state index in [9.17, 15) is 29.1 Å². The molecule has 0 fully saturated rings. The number of aliphatic hydroxyl groups is 1. The van der Waals surface area contributed by atoms with Crippen LogP contribution in [-0.2, 0) is 24.0 Å². The van der Waals surface area contributed by atoms with Gasteiger partial charge in [0.25, 0.3) is 0 Å². The monoisotopic (exact) mass is 408 g/mol. The van der Waals surface area contributed by atoms with Gasteiger partial charge < -0.3 is 37.0 Å². The first kappa shape index (κ1) is 24.6. The van der Waals surface area contributed by atoms with E-state index in [-0.39, 0.29) is 12.2 Å². The van der Waals surface area contributed by atoms with Crippen LogP contribution in [0.1, 0.15) is 19.8 Å². The van der Waals surface area contributed by atoms with Crippen molar-refractivity contribution < 1.29 is 39.3 Å². The Balaban J connectivity index is 5.08. The average Bonchev–Trinajstić information content (AvgIpc) is 2.59. The molecule has 3 amide bonds. The van der Waals surface area contributed by atoms with Crippen molar-refractivity contribution in [3.63, 3.8) is 0 Å². The van der Waals surface area contributed by atoms with E-state index in [1.165, 1.54) is 6.92 Å². The lowest BCUT2D eigenvalue weighted by Crippen LogP contribution is -2.57. The molecule has 0 spiro atoms. The molecular weight excluding hydrogens is 384 g/mol. The summed E-state index contributed by atoms with van der Waals surface area (Å²) in [6.07, 6.45) is -1.96. The molecule has 0 saturated carbocycles. The number of carbonyl (C=O) groups is 5. The predicted octanol–water partition coefficient (Wildman–Crippen LogP) is -3.34. The van der Waals surface area contributed by atoms with E-state index < -0.39 is 66.9 Å². The summed E-state index contributed by atoms with van der Waals surface area (Å²) in [5.41, 5.74) is 5.47. The first-order valence-electron chi connectivity index (χ1n) is 7.86. The Morgan fingerprint density at radius 3 is 1.96 bits per heavy atom. The molecule has 27 heavy (non-hydrogen) atoms. The van der Waals surface area contributed by atoms with E-state index in [1.807, 2.05) is 0 Å². The van der Waals surface area contributed by atoms with Crippen LogP contribution in [0, 0.1) is 0 Å². The van der Waals surface area contributed by atoms with E-state index in [1.54, 1.807) is 0 Å². The molecule has 154 valence electrons. The number of nitrogens with two attached hydrogens (primary N) is 1. The molecule has 0 radical (unpaired) electrons. The van der Waals surface area contributed by atoms with E-state index in [2.05, 4.69) is 28.6 Å². The number of rotatable bonds is 12. The minimum Gasteiger partial charge on any atom is -0.481 e. The van der Waals surface area contributed by atoms with Crippen molar-refractivity contribution in [1.82, 2.24) is 16.0 Å². The Bertz CT molecular complexity index is 571. The maximum absolute atomic E-state index is 12.3. The predicted molar refractivity (Wildman–Crippen MR) is 94.9 cm³/mol. The van der Waals surface area contributed by atoms with Crippen LogP contribution >= 0.6 is 12.6 Å². The first-order chi connectivity index (χ1) is 12.5. The standard InChI is InChI=1S/C14H24N4O8S/c1-6(19)11(15)14(26)17-7(2-3-9(20)21)13(25)18-8(5-27)12(24)16-4-10(22)23/h6-8,11,19,27H,2-5,15H2,1H3,(H,16,24)(H,17,26)(H,18,25)(H,20,21)(H,22,23). The molecule has 0 saturated heterocycles. The number of aliphatic carboxylic acids is 2. The summed E-state index contributed by atoms with van der Waals surface area (Å²) in [6.45, 7) is 0.599. The van der Waals surface area contributed by atoms with Crippen LogP contribution in [0.15, 0.2) is 0 Å². The van der Waals surface area contributed by atoms with Crippen molar-refractivity contribution in [1.29, 1.82) is 0 Å². The van der Waals surface area contributed by atoms with Gasteiger partial charge in [0.1, 0.15) is 24.7 Å². The summed E-state index contributed by atoms with van der Waals surface area (Å²) in [5, 5.41) is 33.2. The van der Waals surface area contributed by atoms with E-state index >= 15 is 0 Å². The Morgan fingerprint density at radius 1 is 0.963 bits per heavy atom. The molecule has 0 aliphatic heterocycles. The van der Waals surface area contributed by atoms with Gasteiger partial charge in [0.2, 0.25) is 17.7 Å². The van der Waals surface area contributed by atoms with E-state index in [4.69, 9.17) is 15.9 Å². The van der Waals surface area contributed by atoms with Crippen molar-refractivity contribution in [2.24, 2.45) is 5.73 Å². The lowest BCUT2D eigenvalue weighted by Gasteiger charge is -2.23. The van der Waals surface area contributed by atoms with Gasteiger partial charge in [-0.15, -0.1) is 0 Å². The molecule has 12 nitrogen and oxygen atoms in total. The lowest BCUT2D eigenvalue weighted by atomic mass is 10.1. The van der Waals surface area contributed by atoms with Crippen LogP contribution in [0.4, 0.5) is 0 Å². The minimum atomic E-state index is -1.34. The zero-order chi connectivity index (χ0) is 21.1. The fourth-order valence-electron chi connectivity index (χ4n) is 1.78. The summed E-state index contributed by atoms with van der Waals surface area (Å²) in [6, 6.07) is -3.90. The van der Waals surface area contributed by atoms with Crippen LogP contribution in [0.3, 0.4) is 0 Å². The third kappa shape index (κ3) is 9.77. The van der Waals surface area contributed by atoms with Crippen LogP contribution in [0.25, 0.3) is 0 Å². The number of thiol groups is 1. The number of carbonyl (C=O) groups excluding carboxylic acids is 3. The van der Waals surface area contributed by atoms with Crippen molar-refractivity contribution in [3.05, 3.63) is 0 Å². The molecule has 8 N–H and O–H groups in total. The van der Waals surface area contributed by atoms with Gasteiger partial charge in [-0.3, -0.25) is 24.0 Å². The fraction of sp³-hybridized carbons (Fsp3) is 0.643. The zero-order valence-electron chi connectivity index (χ0n) is 14.5. The summed E-state index contributed by atoms with van der Waals surface area (Å²) in [4.78, 5) is 57.3. The zero-order valence-corrected chi connectivity index (χ0v) is 15.4. The molecule has 4 unspecified atom stereocenters. The van der Waals surface area contributed by atoms with Crippen LogP contribution in [0.5, 0.6) is 0 Å². The molecule has 0 bridgehead atoms. The van der Waals surface area contributed by atoms with Crippen molar-refractivity contribution in [2.75, 3.05) is 12.3 Å². The molecule has 0 aliphatic rings. The van der Waals surface area contributed by atoms with Crippen LogP contribution in [0.2, 0.25) is 0 Å². The lowest BCUT2D eigenvalue weighted by molar-refractivity contribution is -0.138. The normalized spacial score (nSPS) is 15.0. The SMILES string of the molecule is CC(O)C(N)C(=O)NC(CCC(=O)O)C(=O)NC(CS)C(=O)NCC(=O)O. The molecule has 0 aromatic rings. The maximum Gasteiger partial charge on any atom is 0.322 e. The summed E-state index contributed by atoms with van der Waals surface area (Å²) in [7, 11) is 0. The Morgan fingerprint density at radius 2 is 1.52 bits per heavy atom. The number of nitrogens with one attached hydrogen (secondary N) is 3. The van der Waals surface area contributed by atoms with Crippen molar-refractivity contribution in [3.8, 4) is 0 Å². The molecule has 0 aromatic heterocycles. The topological polar surface area (TPSA) is 208 Å². The van der Waals surface area contributed by atoms with Gasteiger partial charge in [-0.25, -0.2) is 0 Å². The highest BCUT2D eigenvalue weighted by atomic mass is 32.1. The highest BCUT2D eigenvalue weighted by Crippen LogP contribution is 2.02. The van der Waals surface area contributed by atoms with Gasteiger partial charge in [-0.2, -0.15) is 12.6 Å². The number of aliphatic hydroxyl groups excluding tert-OH is 1. The third-order valence-electron chi connectivity index (χ3n) is 3.33. The van der Waals surface area contributed by atoms with Crippen LogP contribution < -0.4 is 21.7 Å². The van der Waals surface area contributed by atoms with Gasteiger partial charge >= 0.3 is 11.9 Å². The third-order valence-corrected chi connectivity index (χ3v) is 3.70. The summed E-state index contributed by atoms with van der Waals surface area (Å²) < 4.78 is 0. The van der Waals surface area contributed by atoms with Crippen LogP contribution in [-0.4, -0.2) is 81.5 Å². The van der Waals surface area contributed by atoms with Crippen molar-refractivity contribution in [2.45, 2.75) is 44.0 Å². The summed E-state index contributed by atoms with van der Waals surface area (Å²) >= 11 is 3.90. The quantitative estimate of drug-likeness (QED) is 0.152. The summed E-state index contributed by atoms with van der Waals surface area (Å²) in [5.74, 6) is -5.26. The molecular formula is C14H24N4O8S. The smallest absolute Gasteiger partial charge is 0.322 e. The molecule has 0 aliphatic carbocycles. The van der Waals surface area contributed by atoms with Gasteiger partial charge in [0.05, 0.1) is 6.10 Å². The average molecular weight is 408 g/mol. The molecule has 0 aromatic carbocycles. The largest absolute Gasteiger partial charge is 0.481 e. The Labute approximate surface area is 160 Å². The second kappa shape index (κ2) is 12.1. The maximum atomic E-state index is 12.3. The Hall–Kier alpha value is -2.38. The van der Waals surface area contributed by atoms with Gasteiger partial charge in [0, 0.05) is 12.2 Å². The number of carboxylic acids is 2. The number of hydrogen-bond acceptors (Lipinski definition) is 8.